The third-order valence-corrected chi connectivity index (χ3v) is 3.09. The molecule has 5 nitrogen and oxygen atoms in total. The second-order valence-corrected chi connectivity index (χ2v) is 4.01. The Balaban J connectivity index is 1.97. The third kappa shape index (κ3) is 2.04. The molecule has 13 heavy (non-hydrogen) atoms. The van der Waals surface area contributed by atoms with Crippen LogP contribution in [0, 0.1) is 0 Å². The van der Waals surface area contributed by atoms with Crippen molar-refractivity contribution in [2.24, 2.45) is 7.05 Å². The van der Waals surface area contributed by atoms with Crippen molar-refractivity contribution in [2.45, 2.75) is 10.9 Å². The molecule has 2 aromatic rings. The van der Waals surface area contributed by atoms with E-state index in [4.69, 9.17) is 0 Å². The Hall–Kier alpha value is -0.950. The standard InChI is InChI=1S/C6H7N5S2/c1-11-6(8-9-10-11)13-3-5-2-12-4-7-5/h2,4H,3H2,1H3. The van der Waals surface area contributed by atoms with Gasteiger partial charge in [0.2, 0.25) is 5.16 Å². The summed E-state index contributed by atoms with van der Waals surface area (Å²) in [5, 5.41) is 14.0. The fourth-order valence-electron chi connectivity index (χ4n) is 0.791. The summed E-state index contributed by atoms with van der Waals surface area (Å²) in [6.45, 7) is 0. The predicted octanol–water partition coefficient (Wildman–Crippen LogP) is 0.959. The molecule has 0 aliphatic rings. The van der Waals surface area contributed by atoms with Crippen LogP contribution in [-0.4, -0.2) is 25.2 Å². The SMILES string of the molecule is Cn1nnnc1SCc1cscn1. The van der Waals surface area contributed by atoms with E-state index in [1.54, 1.807) is 27.8 Å². The van der Waals surface area contributed by atoms with Gasteiger partial charge in [0.05, 0.1) is 11.2 Å². The minimum absolute atomic E-state index is 0.813. The van der Waals surface area contributed by atoms with Gasteiger partial charge in [0.1, 0.15) is 0 Å². The van der Waals surface area contributed by atoms with Crippen molar-refractivity contribution >= 4 is 23.1 Å². The van der Waals surface area contributed by atoms with Gasteiger partial charge >= 0.3 is 0 Å². The fourth-order valence-corrected chi connectivity index (χ4v) is 2.21. The zero-order valence-corrected chi connectivity index (χ0v) is 8.55. The molecule has 2 aromatic heterocycles. The molecule has 0 aromatic carbocycles. The molecule has 0 spiro atoms. The molecule has 0 aliphatic heterocycles. The highest BCUT2D eigenvalue weighted by Crippen LogP contribution is 2.18. The van der Waals surface area contributed by atoms with Crippen molar-refractivity contribution < 1.29 is 0 Å². The first-order chi connectivity index (χ1) is 6.36. The molecule has 0 atom stereocenters. The Kier molecular flexibility index (Phi) is 2.55. The zero-order valence-electron chi connectivity index (χ0n) is 6.91. The average Bonchev–Trinajstić information content (AvgIpc) is 2.72. The van der Waals surface area contributed by atoms with E-state index in [0.717, 1.165) is 16.6 Å². The van der Waals surface area contributed by atoms with Gasteiger partial charge in [-0.1, -0.05) is 11.8 Å². The molecule has 0 radical (unpaired) electrons. The summed E-state index contributed by atoms with van der Waals surface area (Å²) < 4.78 is 1.65. The normalized spacial score (nSPS) is 10.5. The number of thioether (sulfide) groups is 1. The largest absolute Gasteiger partial charge is 0.249 e. The van der Waals surface area contributed by atoms with Gasteiger partial charge in [-0.05, 0) is 10.4 Å². The molecular weight excluding hydrogens is 206 g/mol. The highest BCUT2D eigenvalue weighted by Gasteiger charge is 2.03. The molecule has 0 unspecified atom stereocenters. The molecule has 0 amide bonds. The lowest BCUT2D eigenvalue weighted by molar-refractivity contribution is 0.664. The van der Waals surface area contributed by atoms with Gasteiger partial charge in [-0.3, -0.25) is 0 Å². The number of nitrogens with zero attached hydrogens (tertiary/aromatic N) is 5. The first kappa shape index (κ1) is 8.64. The Morgan fingerprint density at radius 3 is 3.15 bits per heavy atom. The Labute approximate surface area is 83.2 Å². The van der Waals surface area contributed by atoms with Gasteiger partial charge < -0.3 is 0 Å². The number of rotatable bonds is 3. The topological polar surface area (TPSA) is 56.5 Å². The van der Waals surface area contributed by atoms with Crippen LogP contribution in [0.5, 0.6) is 0 Å². The Morgan fingerprint density at radius 2 is 2.54 bits per heavy atom. The second-order valence-electron chi connectivity index (χ2n) is 2.35. The van der Waals surface area contributed by atoms with Crippen LogP contribution in [-0.2, 0) is 12.8 Å². The molecule has 0 bridgehead atoms. The van der Waals surface area contributed by atoms with Crippen molar-refractivity contribution in [3.63, 3.8) is 0 Å². The van der Waals surface area contributed by atoms with E-state index in [9.17, 15) is 0 Å². The summed E-state index contributed by atoms with van der Waals surface area (Å²) in [4.78, 5) is 4.17. The van der Waals surface area contributed by atoms with Crippen LogP contribution in [0.15, 0.2) is 16.0 Å². The Bertz CT molecular complexity index is 368. The minimum Gasteiger partial charge on any atom is -0.249 e. The van der Waals surface area contributed by atoms with Gasteiger partial charge in [0, 0.05) is 18.2 Å². The van der Waals surface area contributed by atoms with E-state index < -0.39 is 0 Å². The first-order valence-corrected chi connectivity index (χ1v) is 5.51. The van der Waals surface area contributed by atoms with Crippen LogP contribution in [0.3, 0.4) is 0 Å². The fraction of sp³-hybridized carbons (Fsp3) is 0.333. The lowest BCUT2D eigenvalue weighted by atomic mass is 10.6. The molecule has 68 valence electrons. The molecule has 2 rings (SSSR count). The number of hydrogen-bond acceptors (Lipinski definition) is 6. The maximum Gasteiger partial charge on any atom is 0.209 e. The van der Waals surface area contributed by atoms with Crippen LogP contribution >= 0.6 is 23.1 Å². The monoisotopic (exact) mass is 213 g/mol. The number of thiazole rings is 1. The van der Waals surface area contributed by atoms with Crippen LogP contribution in [0.1, 0.15) is 5.69 Å². The van der Waals surface area contributed by atoms with E-state index in [-0.39, 0.29) is 0 Å². The molecule has 2 heterocycles. The van der Waals surface area contributed by atoms with E-state index >= 15 is 0 Å². The van der Waals surface area contributed by atoms with Gasteiger partial charge in [-0.15, -0.1) is 16.4 Å². The lowest BCUT2D eigenvalue weighted by Gasteiger charge is -1.94. The van der Waals surface area contributed by atoms with Crippen molar-refractivity contribution in [3.05, 3.63) is 16.6 Å². The molecular formula is C6H7N5S2. The molecule has 0 saturated carbocycles. The third-order valence-electron chi connectivity index (χ3n) is 1.41. The van der Waals surface area contributed by atoms with E-state index in [1.807, 2.05) is 17.9 Å². The van der Waals surface area contributed by atoms with E-state index in [1.165, 1.54) is 0 Å². The van der Waals surface area contributed by atoms with Crippen LogP contribution in [0.25, 0.3) is 0 Å². The molecule has 7 heteroatoms. The summed E-state index contributed by atoms with van der Waals surface area (Å²) in [7, 11) is 1.82. The summed E-state index contributed by atoms with van der Waals surface area (Å²) in [6.07, 6.45) is 0. The summed E-state index contributed by atoms with van der Waals surface area (Å²) >= 11 is 3.18. The molecule has 0 N–H and O–H groups in total. The van der Waals surface area contributed by atoms with E-state index in [0.29, 0.717) is 0 Å². The minimum atomic E-state index is 0.813. The second kappa shape index (κ2) is 3.84. The maximum atomic E-state index is 4.17. The zero-order chi connectivity index (χ0) is 9.10. The molecule has 0 saturated heterocycles. The highest BCUT2D eigenvalue weighted by atomic mass is 32.2. The quantitative estimate of drug-likeness (QED) is 0.711. The van der Waals surface area contributed by atoms with Gasteiger partial charge in [-0.25, -0.2) is 9.67 Å². The van der Waals surface area contributed by atoms with Crippen molar-refractivity contribution in [2.75, 3.05) is 0 Å². The van der Waals surface area contributed by atoms with Crippen LogP contribution in [0.2, 0.25) is 0 Å². The lowest BCUT2D eigenvalue weighted by Crippen LogP contribution is -1.93. The van der Waals surface area contributed by atoms with Crippen molar-refractivity contribution in [1.29, 1.82) is 0 Å². The van der Waals surface area contributed by atoms with Crippen LogP contribution < -0.4 is 0 Å². The summed E-state index contributed by atoms with van der Waals surface area (Å²) in [5.41, 5.74) is 2.89. The van der Waals surface area contributed by atoms with Gasteiger partial charge in [0.25, 0.3) is 0 Å². The number of hydrogen-bond donors (Lipinski definition) is 0. The number of aromatic nitrogens is 5. The number of aryl methyl sites for hydroxylation is 1. The number of tetrazole rings is 1. The smallest absolute Gasteiger partial charge is 0.209 e. The first-order valence-electron chi connectivity index (χ1n) is 3.58. The Morgan fingerprint density at radius 1 is 1.62 bits per heavy atom. The molecule has 0 aliphatic carbocycles. The van der Waals surface area contributed by atoms with E-state index in [2.05, 4.69) is 20.5 Å². The average molecular weight is 213 g/mol. The van der Waals surface area contributed by atoms with Crippen molar-refractivity contribution in [3.8, 4) is 0 Å². The summed E-state index contributed by atoms with van der Waals surface area (Å²) in [6, 6.07) is 0. The van der Waals surface area contributed by atoms with Gasteiger partial charge in [0.15, 0.2) is 0 Å². The van der Waals surface area contributed by atoms with Crippen LogP contribution in [0.4, 0.5) is 0 Å². The predicted molar refractivity (Wildman–Crippen MR) is 50.5 cm³/mol. The maximum absolute atomic E-state index is 4.17. The highest BCUT2D eigenvalue weighted by molar-refractivity contribution is 7.98. The molecule has 0 fully saturated rings. The van der Waals surface area contributed by atoms with Gasteiger partial charge in [-0.2, -0.15) is 0 Å². The van der Waals surface area contributed by atoms with Crippen molar-refractivity contribution in [1.82, 2.24) is 25.2 Å². The summed E-state index contributed by atoms with van der Waals surface area (Å²) in [5.74, 6) is 0.817.